The number of carbonyl (C=O) groups excluding carboxylic acids is 1. The summed E-state index contributed by atoms with van der Waals surface area (Å²) in [6, 6.07) is 12.2. The fraction of sp³-hybridized carbons (Fsp3) is 0.312. The molecule has 0 spiro atoms. The molecule has 0 aliphatic heterocycles. The molecule has 94 valence electrons. The number of fused-ring (bicyclic) bond motifs is 1. The van der Waals surface area contributed by atoms with Gasteiger partial charge in [-0.2, -0.15) is 11.8 Å². The number of Topliss-reactive ketones (excluding diaryl/α,β-unsaturated/α-hetero) is 1. The lowest BCUT2D eigenvalue weighted by molar-refractivity contribution is 0.102. The van der Waals surface area contributed by atoms with Gasteiger partial charge in [0.1, 0.15) is 0 Å². The third-order valence-electron chi connectivity index (χ3n) is 3.00. The second-order valence-electron chi connectivity index (χ2n) is 4.45. The number of thioether (sulfide) groups is 1. The van der Waals surface area contributed by atoms with E-state index < -0.39 is 0 Å². The predicted molar refractivity (Wildman–Crippen MR) is 80.6 cm³/mol. The first kappa shape index (κ1) is 13.2. The van der Waals surface area contributed by atoms with Crippen LogP contribution in [0.1, 0.15) is 29.3 Å². The van der Waals surface area contributed by atoms with Crippen molar-refractivity contribution in [3.8, 4) is 0 Å². The number of benzene rings is 2. The lowest BCUT2D eigenvalue weighted by atomic mass is 9.97. The van der Waals surface area contributed by atoms with E-state index in [4.69, 9.17) is 0 Å². The van der Waals surface area contributed by atoms with Crippen LogP contribution in [-0.2, 0) is 0 Å². The molecule has 0 aliphatic rings. The normalized spacial score (nSPS) is 10.8. The summed E-state index contributed by atoms with van der Waals surface area (Å²) in [5.74, 6) is 1.89. The summed E-state index contributed by atoms with van der Waals surface area (Å²) in [6.07, 6.45) is 1.12. The van der Waals surface area contributed by atoms with E-state index in [1.165, 1.54) is 0 Å². The zero-order chi connectivity index (χ0) is 13.0. The van der Waals surface area contributed by atoms with Crippen molar-refractivity contribution in [1.82, 2.24) is 0 Å². The van der Waals surface area contributed by atoms with Crippen LogP contribution < -0.4 is 0 Å². The van der Waals surface area contributed by atoms with Gasteiger partial charge in [-0.3, -0.25) is 4.79 Å². The maximum atomic E-state index is 12.3. The van der Waals surface area contributed by atoms with E-state index in [0.717, 1.165) is 34.1 Å². The Kier molecular flexibility index (Phi) is 4.43. The van der Waals surface area contributed by atoms with Gasteiger partial charge < -0.3 is 0 Å². The van der Waals surface area contributed by atoms with Crippen molar-refractivity contribution >= 4 is 28.3 Å². The fourth-order valence-corrected chi connectivity index (χ4v) is 2.89. The second-order valence-corrected chi connectivity index (χ2v) is 5.56. The predicted octanol–water partition coefficient (Wildman–Crippen LogP) is 4.47. The van der Waals surface area contributed by atoms with E-state index >= 15 is 0 Å². The molecule has 0 aliphatic carbocycles. The van der Waals surface area contributed by atoms with Crippen molar-refractivity contribution in [3.63, 3.8) is 0 Å². The molecule has 1 nitrogen and oxygen atoms in total. The molecule has 0 bridgehead atoms. The minimum atomic E-state index is 0.253. The molecule has 0 amide bonds. The molecular weight excluding hydrogens is 240 g/mol. The monoisotopic (exact) mass is 258 g/mol. The number of hydrogen-bond acceptors (Lipinski definition) is 2. The SMILES string of the molecule is CCCSCC(=O)c1c(C)ccc2ccccc12. The molecule has 18 heavy (non-hydrogen) atoms. The molecule has 0 aromatic heterocycles. The molecular formula is C16H18OS. The number of rotatable bonds is 5. The maximum Gasteiger partial charge on any atom is 0.173 e. The van der Waals surface area contributed by atoms with Crippen LogP contribution >= 0.6 is 11.8 Å². The van der Waals surface area contributed by atoms with E-state index in [2.05, 4.69) is 19.1 Å². The summed E-state index contributed by atoms with van der Waals surface area (Å²) in [7, 11) is 0. The molecule has 0 atom stereocenters. The summed E-state index contributed by atoms with van der Waals surface area (Å²) in [4.78, 5) is 12.3. The van der Waals surface area contributed by atoms with Crippen molar-refractivity contribution in [1.29, 1.82) is 0 Å². The summed E-state index contributed by atoms with van der Waals surface area (Å²) >= 11 is 1.72. The Labute approximate surface area is 113 Å². The fourth-order valence-electron chi connectivity index (χ4n) is 2.13. The van der Waals surface area contributed by atoms with Crippen LogP contribution in [0.2, 0.25) is 0 Å². The first-order valence-corrected chi connectivity index (χ1v) is 7.48. The van der Waals surface area contributed by atoms with Crippen molar-refractivity contribution in [3.05, 3.63) is 47.5 Å². The molecule has 2 rings (SSSR count). The van der Waals surface area contributed by atoms with Crippen LogP contribution in [0.3, 0.4) is 0 Å². The third kappa shape index (κ3) is 2.75. The van der Waals surface area contributed by atoms with Crippen molar-refractivity contribution in [2.24, 2.45) is 0 Å². The molecule has 0 unspecified atom stereocenters. The van der Waals surface area contributed by atoms with E-state index in [1.807, 2.05) is 31.2 Å². The number of carbonyl (C=O) groups is 1. The van der Waals surface area contributed by atoms with Crippen molar-refractivity contribution < 1.29 is 4.79 Å². The zero-order valence-electron chi connectivity index (χ0n) is 10.9. The number of hydrogen-bond donors (Lipinski definition) is 0. The molecule has 0 N–H and O–H groups in total. The highest BCUT2D eigenvalue weighted by molar-refractivity contribution is 7.99. The Hall–Kier alpha value is -1.28. The van der Waals surface area contributed by atoms with Crippen LogP contribution in [0, 0.1) is 6.92 Å². The van der Waals surface area contributed by atoms with Gasteiger partial charge >= 0.3 is 0 Å². The summed E-state index contributed by atoms with van der Waals surface area (Å²) < 4.78 is 0. The topological polar surface area (TPSA) is 17.1 Å². The van der Waals surface area contributed by atoms with Gasteiger partial charge in [0.25, 0.3) is 0 Å². The first-order valence-electron chi connectivity index (χ1n) is 6.33. The molecule has 0 fully saturated rings. The van der Waals surface area contributed by atoms with Crippen molar-refractivity contribution in [2.45, 2.75) is 20.3 Å². The third-order valence-corrected chi connectivity index (χ3v) is 4.16. The lowest BCUT2D eigenvalue weighted by Gasteiger charge is -2.09. The van der Waals surface area contributed by atoms with Gasteiger partial charge in [-0.25, -0.2) is 0 Å². The molecule has 0 heterocycles. The van der Waals surface area contributed by atoms with Gasteiger partial charge in [0.2, 0.25) is 0 Å². The highest BCUT2D eigenvalue weighted by Crippen LogP contribution is 2.23. The van der Waals surface area contributed by atoms with E-state index in [0.29, 0.717) is 5.75 Å². The van der Waals surface area contributed by atoms with Crippen LogP contribution in [-0.4, -0.2) is 17.3 Å². The Morgan fingerprint density at radius 3 is 2.72 bits per heavy atom. The molecule has 2 aromatic rings. The van der Waals surface area contributed by atoms with Crippen molar-refractivity contribution in [2.75, 3.05) is 11.5 Å². The van der Waals surface area contributed by atoms with E-state index in [-0.39, 0.29) is 5.78 Å². The molecule has 0 saturated heterocycles. The highest BCUT2D eigenvalue weighted by atomic mass is 32.2. The summed E-state index contributed by atoms with van der Waals surface area (Å²) in [5, 5.41) is 2.23. The molecule has 2 aromatic carbocycles. The average Bonchev–Trinajstić information content (AvgIpc) is 2.38. The Balaban J connectivity index is 2.36. The van der Waals surface area contributed by atoms with Crippen LogP contribution in [0.4, 0.5) is 0 Å². The van der Waals surface area contributed by atoms with Gasteiger partial charge in [0, 0.05) is 5.56 Å². The van der Waals surface area contributed by atoms with Gasteiger partial charge in [-0.1, -0.05) is 43.3 Å². The van der Waals surface area contributed by atoms with Gasteiger partial charge in [0.15, 0.2) is 5.78 Å². The molecule has 0 radical (unpaired) electrons. The quantitative estimate of drug-likeness (QED) is 0.581. The van der Waals surface area contributed by atoms with Gasteiger partial charge in [-0.15, -0.1) is 0 Å². The minimum Gasteiger partial charge on any atom is -0.293 e. The van der Waals surface area contributed by atoms with E-state index in [9.17, 15) is 4.79 Å². The Morgan fingerprint density at radius 1 is 1.17 bits per heavy atom. The molecule has 0 saturated carbocycles. The summed E-state index contributed by atoms with van der Waals surface area (Å²) in [5.41, 5.74) is 1.98. The van der Waals surface area contributed by atoms with Crippen LogP contribution in [0.5, 0.6) is 0 Å². The standard InChI is InChI=1S/C16H18OS/c1-3-10-18-11-15(17)16-12(2)8-9-13-6-4-5-7-14(13)16/h4-9H,3,10-11H2,1-2H3. The first-order chi connectivity index (χ1) is 8.74. The Bertz CT molecular complexity index is 560. The molecule has 2 heteroatoms. The summed E-state index contributed by atoms with van der Waals surface area (Å²) in [6.45, 7) is 4.16. The van der Waals surface area contributed by atoms with Gasteiger partial charge in [0.05, 0.1) is 5.75 Å². The lowest BCUT2D eigenvalue weighted by Crippen LogP contribution is -2.06. The number of ketones is 1. The van der Waals surface area contributed by atoms with Crippen LogP contribution in [0.15, 0.2) is 36.4 Å². The average molecular weight is 258 g/mol. The van der Waals surface area contributed by atoms with E-state index in [1.54, 1.807) is 11.8 Å². The van der Waals surface area contributed by atoms with Gasteiger partial charge in [-0.05, 0) is 35.4 Å². The second kappa shape index (κ2) is 6.05. The smallest absolute Gasteiger partial charge is 0.173 e. The maximum absolute atomic E-state index is 12.3. The number of aryl methyl sites for hydroxylation is 1. The zero-order valence-corrected chi connectivity index (χ0v) is 11.7. The minimum absolute atomic E-state index is 0.253. The highest BCUT2D eigenvalue weighted by Gasteiger charge is 2.12. The Morgan fingerprint density at radius 2 is 1.94 bits per heavy atom. The van der Waals surface area contributed by atoms with Crippen LogP contribution in [0.25, 0.3) is 10.8 Å². The largest absolute Gasteiger partial charge is 0.293 e.